The molecular formula is C11H12ClN. The van der Waals surface area contributed by atoms with Crippen molar-refractivity contribution in [2.75, 3.05) is 13.6 Å². The molecule has 0 saturated carbocycles. The lowest BCUT2D eigenvalue weighted by Gasteiger charge is -2.05. The zero-order valence-corrected chi connectivity index (χ0v) is 8.36. The molecule has 2 heteroatoms. The van der Waals surface area contributed by atoms with Gasteiger partial charge in [-0.1, -0.05) is 23.7 Å². The smallest absolute Gasteiger partial charge is 0.0412 e. The van der Waals surface area contributed by atoms with Crippen molar-refractivity contribution in [3.05, 3.63) is 40.4 Å². The van der Waals surface area contributed by atoms with Crippen molar-refractivity contribution >= 4 is 17.2 Å². The van der Waals surface area contributed by atoms with Gasteiger partial charge in [0.1, 0.15) is 0 Å². The van der Waals surface area contributed by atoms with Gasteiger partial charge in [0.2, 0.25) is 0 Å². The summed E-state index contributed by atoms with van der Waals surface area (Å²) in [4.78, 5) is 0. The van der Waals surface area contributed by atoms with E-state index in [1.165, 1.54) is 16.7 Å². The highest BCUT2D eigenvalue weighted by Crippen LogP contribution is 2.29. The van der Waals surface area contributed by atoms with Crippen LogP contribution in [0.3, 0.4) is 0 Å². The normalized spacial score (nSPS) is 14.2. The minimum absolute atomic E-state index is 0.822. The fourth-order valence-corrected chi connectivity index (χ4v) is 1.90. The van der Waals surface area contributed by atoms with Crippen LogP contribution in [0, 0.1) is 0 Å². The molecule has 1 aromatic rings. The van der Waals surface area contributed by atoms with Crippen LogP contribution in [0.25, 0.3) is 5.57 Å². The van der Waals surface area contributed by atoms with E-state index in [0.717, 1.165) is 18.0 Å². The topological polar surface area (TPSA) is 12.0 Å². The van der Waals surface area contributed by atoms with E-state index in [9.17, 15) is 0 Å². The molecule has 0 spiro atoms. The van der Waals surface area contributed by atoms with Crippen molar-refractivity contribution in [1.29, 1.82) is 0 Å². The lowest BCUT2D eigenvalue weighted by Crippen LogP contribution is -2.08. The first-order valence-electron chi connectivity index (χ1n) is 4.43. The van der Waals surface area contributed by atoms with E-state index < -0.39 is 0 Å². The molecule has 0 heterocycles. The monoisotopic (exact) mass is 193 g/mol. The van der Waals surface area contributed by atoms with Gasteiger partial charge < -0.3 is 5.32 Å². The van der Waals surface area contributed by atoms with E-state index in [2.05, 4.69) is 17.5 Å². The number of rotatable bonds is 2. The van der Waals surface area contributed by atoms with Gasteiger partial charge in [-0.15, -0.1) is 0 Å². The summed E-state index contributed by atoms with van der Waals surface area (Å²) in [6.45, 7) is 0.924. The van der Waals surface area contributed by atoms with Gasteiger partial charge in [-0.25, -0.2) is 0 Å². The Kier molecular flexibility index (Phi) is 2.38. The molecule has 0 bridgehead atoms. The predicted molar refractivity (Wildman–Crippen MR) is 57.1 cm³/mol. The summed E-state index contributed by atoms with van der Waals surface area (Å²) < 4.78 is 0. The first-order valence-corrected chi connectivity index (χ1v) is 4.81. The molecule has 0 amide bonds. The van der Waals surface area contributed by atoms with Gasteiger partial charge in [0.25, 0.3) is 0 Å². The van der Waals surface area contributed by atoms with Crippen molar-refractivity contribution in [2.24, 2.45) is 0 Å². The number of allylic oxidation sites excluding steroid dienone is 1. The maximum absolute atomic E-state index is 5.94. The van der Waals surface area contributed by atoms with Crippen LogP contribution in [-0.2, 0) is 6.42 Å². The lowest BCUT2D eigenvalue weighted by atomic mass is 10.1. The molecular weight excluding hydrogens is 182 g/mol. The summed E-state index contributed by atoms with van der Waals surface area (Å²) in [6.07, 6.45) is 3.31. The van der Waals surface area contributed by atoms with E-state index in [1.54, 1.807) is 0 Å². The van der Waals surface area contributed by atoms with Crippen LogP contribution in [-0.4, -0.2) is 13.6 Å². The highest BCUT2D eigenvalue weighted by Gasteiger charge is 2.12. The van der Waals surface area contributed by atoms with Crippen LogP contribution in [0.2, 0.25) is 5.02 Å². The fraction of sp³-hybridized carbons (Fsp3) is 0.273. The third kappa shape index (κ3) is 1.62. The summed E-state index contributed by atoms with van der Waals surface area (Å²) in [5.41, 5.74) is 4.05. The summed E-state index contributed by atoms with van der Waals surface area (Å²) in [6, 6.07) is 6.11. The Hall–Kier alpha value is -0.790. The minimum Gasteiger partial charge on any atom is -0.316 e. The fourth-order valence-electron chi connectivity index (χ4n) is 1.73. The summed E-state index contributed by atoms with van der Waals surface area (Å²) in [7, 11) is 1.96. The van der Waals surface area contributed by atoms with Crippen LogP contribution in [0.15, 0.2) is 24.3 Å². The van der Waals surface area contributed by atoms with Crippen molar-refractivity contribution in [3.8, 4) is 0 Å². The molecule has 0 unspecified atom stereocenters. The van der Waals surface area contributed by atoms with E-state index in [4.69, 9.17) is 11.6 Å². The third-order valence-corrected chi connectivity index (χ3v) is 2.59. The maximum Gasteiger partial charge on any atom is 0.0412 e. The van der Waals surface area contributed by atoms with Gasteiger partial charge in [0, 0.05) is 11.6 Å². The molecule has 1 N–H and O–H groups in total. The molecule has 1 aliphatic carbocycles. The highest BCUT2D eigenvalue weighted by molar-refractivity contribution is 6.30. The Morgan fingerprint density at radius 2 is 2.31 bits per heavy atom. The minimum atomic E-state index is 0.822. The molecule has 68 valence electrons. The van der Waals surface area contributed by atoms with Crippen molar-refractivity contribution in [3.63, 3.8) is 0 Å². The van der Waals surface area contributed by atoms with Gasteiger partial charge in [-0.05, 0) is 42.3 Å². The van der Waals surface area contributed by atoms with Gasteiger partial charge in [-0.2, -0.15) is 0 Å². The number of nitrogens with one attached hydrogen (secondary N) is 1. The molecule has 0 fully saturated rings. The number of fused-ring (bicyclic) bond motifs is 1. The Bertz CT molecular complexity index is 355. The molecule has 1 nitrogen and oxygen atoms in total. The van der Waals surface area contributed by atoms with Gasteiger partial charge in [-0.3, -0.25) is 0 Å². The SMILES string of the molecule is CNCC1=CCc2ccc(Cl)cc21. The van der Waals surface area contributed by atoms with Crippen LogP contribution in [0.5, 0.6) is 0 Å². The van der Waals surface area contributed by atoms with E-state index in [1.807, 2.05) is 19.2 Å². The maximum atomic E-state index is 5.94. The number of hydrogen-bond donors (Lipinski definition) is 1. The third-order valence-electron chi connectivity index (χ3n) is 2.35. The van der Waals surface area contributed by atoms with E-state index >= 15 is 0 Å². The molecule has 0 radical (unpaired) electrons. The highest BCUT2D eigenvalue weighted by atomic mass is 35.5. The van der Waals surface area contributed by atoms with E-state index in [0.29, 0.717) is 0 Å². The van der Waals surface area contributed by atoms with Crippen molar-refractivity contribution in [2.45, 2.75) is 6.42 Å². The van der Waals surface area contributed by atoms with E-state index in [-0.39, 0.29) is 0 Å². The van der Waals surface area contributed by atoms with Crippen molar-refractivity contribution in [1.82, 2.24) is 5.32 Å². The van der Waals surface area contributed by atoms with Crippen LogP contribution in [0.4, 0.5) is 0 Å². The molecule has 2 rings (SSSR count). The average molecular weight is 194 g/mol. The van der Waals surface area contributed by atoms with Gasteiger partial charge in [0.15, 0.2) is 0 Å². The quantitative estimate of drug-likeness (QED) is 0.761. The van der Waals surface area contributed by atoms with Crippen LogP contribution >= 0.6 is 11.6 Å². The molecule has 1 aliphatic rings. The van der Waals surface area contributed by atoms with Crippen LogP contribution in [0.1, 0.15) is 11.1 Å². The molecule has 0 aromatic heterocycles. The van der Waals surface area contributed by atoms with Gasteiger partial charge >= 0.3 is 0 Å². The molecule has 0 saturated heterocycles. The molecule has 1 aromatic carbocycles. The Balaban J connectivity index is 2.36. The lowest BCUT2D eigenvalue weighted by molar-refractivity contribution is 0.932. The Morgan fingerprint density at radius 3 is 3.08 bits per heavy atom. The second-order valence-electron chi connectivity index (χ2n) is 3.27. The summed E-state index contributed by atoms with van der Waals surface area (Å²) in [5.74, 6) is 0. The number of likely N-dealkylation sites (N-methyl/N-ethyl adjacent to an activating group) is 1. The molecule has 0 aliphatic heterocycles. The second-order valence-corrected chi connectivity index (χ2v) is 3.70. The standard InChI is InChI=1S/C11H12ClN/c1-13-7-9-3-2-8-4-5-10(12)6-11(8)9/h3-6,13H,2,7H2,1H3. The molecule has 13 heavy (non-hydrogen) atoms. The largest absolute Gasteiger partial charge is 0.316 e. The molecule has 0 atom stereocenters. The zero-order chi connectivity index (χ0) is 9.26. The zero-order valence-electron chi connectivity index (χ0n) is 7.60. The number of hydrogen-bond acceptors (Lipinski definition) is 1. The number of benzene rings is 1. The predicted octanol–water partition coefficient (Wildman–Crippen LogP) is 2.50. The Morgan fingerprint density at radius 1 is 1.46 bits per heavy atom. The average Bonchev–Trinajstić information content (AvgIpc) is 2.49. The second kappa shape index (κ2) is 3.52. The first kappa shape index (κ1) is 8.79. The first-order chi connectivity index (χ1) is 6.31. The van der Waals surface area contributed by atoms with Gasteiger partial charge in [0.05, 0.1) is 0 Å². The van der Waals surface area contributed by atoms with Crippen molar-refractivity contribution < 1.29 is 0 Å². The van der Waals surface area contributed by atoms with Crippen LogP contribution < -0.4 is 5.32 Å². The number of halogens is 1. The summed E-state index contributed by atoms with van der Waals surface area (Å²) >= 11 is 5.94. The Labute approximate surface area is 83.4 Å². The summed E-state index contributed by atoms with van der Waals surface area (Å²) in [5, 5.41) is 3.98.